The van der Waals surface area contributed by atoms with Crippen molar-refractivity contribution in [3.63, 3.8) is 0 Å². The molecule has 3 nitrogen and oxygen atoms in total. The van der Waals surface area contributed by atoms with Crippen LogP contribution in [0.15, 0.2) is 24.3 Å². The largest absolute Gasteiger partial charge is 0.497 e. The standard InChI is InChI=1S/C14H21NO2/c1-3-15-12-8-14(9-12)17-10-11-5-4-6-13(7-11)16-2/h4-7,12,14-15H,3,8-10H2,1-2H3. The molecule has 0 spiro atoms. The van der Waals surface area contributed by atoms with E-state index in [0.717, 1.165) is 25.1 Å². The first kappa shape index (κ1) is 12.4. The molecule has 17 heavy (non-hydrogen) atoms. The van der Waals surface area contributed by atoms with E-state index in [1.54, 1.807) is 7.11 Å². The number of rotatable bonds is 6. The third-order valence-electron chi connectivity index (χ3n) is 3.21. The van der Waals surface area contributed by atoms with Crippen LogP contribution in [0.5, 0.6) is 5.75 Å². The van der Waals surface area contributed by atoms with Gasteiger partial charge in [0, 0.05) is 6.04 Å². The van der Waals surface area contributed by atoms with E-state index >= 15 is 0 Å². The lowest BCUT2D eigenvalue weighted by atomic mass is 9.89. The van der Waals surface area contributed by atoms with Gasteiger partial charge in [0.15, 0.2) is 0 Å². The van der Waals surface area contributed by atoms with Crippen LogP contribution in [0.25, 0.3) is 0 Å². The summed E-state index contributed by atoms with van der Waals surface area (Å²) in [5, 5.41) is 3.43. The van der Waals surface area contributed by atoms with Crippen LogP contribution in [-0.2, 0) is 11.3 Å². The smallest absolute Gasteiger partial charge is 0.119 e. The van der Waals surface area contributed by atoms with Crippen molar-refractivity contribution in [1.29, 1.82) is 0 Å². The molecule has 94 valence electrons. The van der Waals surface area contributed by atoms with Gasteiger partial charge >= 0.3 is 0 Å². The predicted molar refractivity (Wildman–Crippen MR) is 68.3 cm³/mol. The first-order chi connectivity index (χ1) is 8.31. The van der Waals surface area contributed by atoms with Gasteiger partial charge < -0.3 is 14.8 Å². The number of benzene rings is 1. The SMILES string of the molecule is CCNC1CC(OCc2cccc(OC)c2)C1. The molecule has 2 rings (SSSR count). The lowest BCUT2D eigenvalue weighted by molar-refractivity contribution is -0.0262. The van der Waals surface area contributed by atoms with Crippen molar-refractivity contribution in [3.05, 3.63) is 29.8 Å². The Balaban J connectivity index is 1.72. The van der Waals surface area contributed by atoms with E-state index in [4.69, 9.17) is 9.47 Å². The second-order valence-corrected chi connectivity index (χ2v) is 4.51. The number of hydrogen-bond acceptors (Lipinski definition) is 3. The first-order valence-electron chi connectivity index (χ1n) is 6.29. The summed E-state index contributed by atoms with van der Waals surface area (Å²) in [6, 6.07) is 8.72. The summed E-state index contributed by atoms with van der Waals surface area (Å²) in [4.78, 5) is 0. The minimum absolute atomic E-state index is 0.422. The molecule has 0 aromatic heterocycles. The molecular weight excluding hydrogens is 214 g/mol. The molecule has 0 unspecified atom stereocenters. The number of nitrogens with one attached hydrogen (secondary N) is 1. The van der Waals surface area contributed by atoms with Gasteiger partial charge in [0.05, 0.1) is 19.8 Å². The maximum absolute atomic E-state index is 5.84. The Kier molecular flexibility index (Phi) is 4.40. The summed E-state index contributed by atoms with van der Waals surface area (Å²) in [7, 11) is 1.69. The Bertz CT molecular complexity index is 348. The van der Waals surface area contributed by atoms with Gasteiger partial charge in [-0.05, 0) is 37.1 Å². The van der Waals surface area contributed by atoms with Crippen LogP contribution in [0.1, 0.15) is 25.3 Å². The van der Waals surface area contributed by atoms with E-state index in [1.165, 1.54) is 5.56 Å². The highest BCUT2D eigenvalue weighted by molar-refractivity contribution is 5.27. The molecule has 0 bridgehead atoms. The molecule has 3 heteroatoms. The lowest BCUT2D eigenvalue weighted by Gasteiger charge is -2.35. The molecule has 1 N–H and O–H groups in total. The molecule has 1 aromatic carbocycles. The van der Waals surface area contributed by atoms with E-state index in [9.17, 15) is 0 Å². The predicted octanol–water partition coefficient (Wildman–Crippen LogP) is 2.35. The van der Waals surface area contributed by atoms with Crippen LogP contribution in [-0.4, -0.2) is 25.8 Å². The van der Waals surface area contributed by atoms with Crippen LogP contribution in [0.4, 0.5) is 0 Å². The van der Waals surface area contributed by atoms with Crippen molar-refractivity contribution in [1.82, 2.24) is 5.32 Å². The van der Waals surface area contributed by atoms with Crippen molar-refractivity contribution in [2.24, 2.45) is 0 Å². The van der Waals surface area contributed by atoms with Gasteiger partial charge in [-0.1, -0.05) is 19.1 Å². The number of methoxy groups -OCH3 is 1. The molecule has 1 aliphatic carbocycles. The molecule has 1 saturated carbocycles. The molecule has 0 saturated heterocycles. The molecule has 1 aliphatic rings. The fourth-order valence-corrected chi connectivity index (χ4v) is 2.13. The maximum atomic E-state index is 5.84. The van der Waals surface area contributed by atoms with Gasteiger partial charge in [-0.25, -0.2) is 0 Å². The summed E-state index contributed by atoms with van der Waals surface area (Å²) in [5.74, 6) is 0.894. The zero-order chi connectivity index (χ0) is 12.1. The highest BCUT2D eigenvalue weighted by atomic mass is 16.5. The van der Waals surface area contributed by atoms with Crippen molar-refractivity contribution in [2.75, 3.05) is 13.7 Å². The zero-order valence-electron chi connectivity index (χ0n) is 10.6. The topological polar surface area (TPSA) is 30.5 Å². The summed E-state index contributed by atoms with van der Waals surface area (Å²) in [6.07, 6.45) is 2.69. The number of hydrogen-bond donors (Lipinski definition) is 1. The molecule has 0 aliphatic heterocycles. The van der Waals surface area contributed by atoms with Gasteiger partial charge in [-0.3, -0.25) is 0 Å². The van der Waals surface area contributed by atoms with Crippen LogP contribution in [0.3, 0.4) is 0 Å². The van der Waals surface area contributed by atoms with Crippen molar-refractivity contribution in [3.8, 4) is 5.75 Å². The van der Waals surface area contributed by atoms with E-state index in [1.807, 2.05) is 18.2 Å². The van der Waals surface area contributed by atoms with E-state index in [2.05, 4.69) is 18.3 Å². The van der Waals surface area contributed by atoms with Gasteiger partial charge in [0.1, 0.15) is 5.75 Å². The molecule has 0 atom stereocenters. The van der Waals surface area contributed by atoms with Gasteiger partial charge in [0.25, 0.3) is 0 Å². The first-order valence-corrected chi connectivity index (χ1v) is 6.29. The monoisotopic (exact) mass is 235 g/mol. The van der Waals surface area contributed by atoms with E-state index < -0.39 is 0 Å². The Labute approximate surface area is 103 Å². The molecular formula is C14H21NO2. The molecule has 0 radical (unpaired) electrons. The minimum Gasteiger partial charge on any atom is -0.497 e. The highest BCUT2D eigenvalue weighted by Crippen LogP contribution is 2.24. The van der Waals surface area contributed by atoms with Crippen LogP contribution < -0.4 is 10.1 Å². The second-order valence-electron chi connectivity index (χ2n) is 4.51. The number of ether oxygens (including phenoxy) is 2. The highest BCUT2D eigenvalue weighted by Gasteiger charge is 2.28. The molecule has 0 amide bonds. The van der Waals surface area contributed by atoms with Crippen molar-refractivity contribution < 1.29 is 9.47 Å². The minimum atomic E-state index is 0.422. The maximum Gasteiger partial charge on any atom is 0.119 e. The van der Waals surface area contributed by atoms with Gasteiger partial charge in [-0.15, -0.1) is 0 Å². The average molecular weight is 235 g/mol. The summed E-state index contributed by atoms with van der Waals surface area (Å²) < 4.78 is 11.0. The fourth-order valence-electron chi connectivity index (χ4n) is 2.13. The normalized spacial score (nSPS) is 23.2. The fraction of sp³-hybridized carbons (Fsp3) is 0.571. The van der Waals surface area contributed by atoms with Crippen LogP contribution in [0, 0.1) is 0 Å². The Hall–Kier alpha value is -1.06. The van der Waals surface area contributed by atoms with Crippen molar-refractivity contribution >= 4 is 0 Å². The van der Waals surface area contributed by atoms with E-state index in [0.29, 0.717) is 18.8 Å². The summed E-state index contributed by atoms with van der Waals surface area (Å²) in [5.41, 5.74) is 1.18. The van der Waals surface area contributed by atoms with Gasteiger partial charge in [0.2, 0.25) is 0 Å². The van der Waals surface area contributed by atoms with Crippen LogP contribution >= 0.6 is 0 Å². The third kappa shape index (κ3) is 3.45. The van der Waals surface area contributed by atoms with Crippen LogP contribution in [0.2, 0.25) is 0 Å². The average Bonchev–Trinajstić information content (AvgIpc) is 2.32. The summed E-state index contributed by atoms with van der Waals surface area (Å²) >= 11 is 0. The quantitative estimate of drug-likeness (QED) is 0.821. The molecule has 1 aromatic rings. The lowest BCUT2D eigenvalue weighted by Crippen LogP contribution is -2.45. The van der Waals surface area contributed by atoms with Gasteiger partial charge in [-0.2, -0.15) is 0 Å². The second kappa shape index (κ2) is 6.03. The third-order valence-corrected chi connectivity index (χ3v) is 3.21. The summed E-state index contributed by atoms with van der Waals surface area (Å²) in [6.45, 7) is 3.87. The Morgan fingerprint density at radius 2 is 2.18 bits per heavy atom. The Morgan fingerprint density at radius 1 is 1.35 bits per heavy atom. The van der Waals surface area contributed by atoms with Crippen molar-refractivity contribution in [2.45, 2.75) is 38.5 Å². The van der Waals surface area contributed by atoms with E-state index in [-0.39, 0.29) is 0 Å². The molecule has 1 fully saturated rings. The molecule has 0 heterocycles. The Morgan fingerprint density at radius 3 is 2.88 bits per heavy atom. The zero-order valence-corrected chi connectivity index (χ0v) is 10.6.